The van der Waals surface area contributed by atoms with Crippen LogP contribution in [0.15, 0.2) is 29.9 Å². The van der Waals surface area contributed by atoms with Gasteiger partial charge in [0.2, 0.25) is 0 Å². The molecular weight excluding hydrogens is 206 g/mol. The summed E-state index contributed by atoms with van der Waals surface area (Å²) in [6.45, 7) is 4.03. The lowest BCUT2D eigenvalue weighted by Crippen LogP contribution is -2.19. The number of aromatic nitrogens is 2. The maximum atomic E-state index is 4.16. The van der Waals surface area contributed by atoms with E-state index in [0.29, 0.717) is 5.92 Å². The fraction of sp³-hybridized carbons (Fsp3) is 0.364. The summed E-state index contributed by atoms with van der Waals surface area (Å²) >= 11 is 1.82. The van der Waals surface area contributed by atoms with Crippen LogP contribution >= 0.6 is 11.3 Å². The van der Waals surface area contributed by atoms with Gasteiger partial charge in [-0.3, -0.25) is 0 Å². The lowest BCUT2D eigenvalue weighted by Gasteiger charge is -2.09. The Balaban J connectivity index is 1.74. The first kappa shape index (κ1) is 10.4. The van der Waals surface area contributed by atoms with Crippen LogP contribution < -0.4 is 5.32 Å². The first-order chi connectivity index (χ1) is 7.36. The molecule has 0 aliphatic carbocycles. The molecule has 0 saturated heterocycles. The van der Waals surface area contributed by atoms with Crippen molar-refractivity contribution in [1.82, 2.24) is 15.3 Å². The number of nitrogens with zero attached hydrogens (tertiary/aromatic N) is 1. The highest BCUT2D eigenvalue weighted by Crippen LogP contribution is 2.19. The number of hydrogen-bond donors (Lipinski definition) is 2. The zero-order valence-electron chi connectivity index (χ0n) is 8.73. The van der Waals surface area contributed by atoms with Crippen molar-refractivity contribution in [3.05, 3.63) is 40.6 Å². The SMILES string of the molecule is CC(CNCc1ncc[nH]1)c1cccs1. The molecule has 80 valence electrons. The Kier molecular flexibility index (Phi) is 3.53. The summed E-state index contributed by atoms with van der Waals surface area (Å²) in [6, 6.07) is 4.28. The van der Waals surface area contributed by atoms with E-state index >= 15 is 0 Å². The molecule has 0 fully saturated rings. The molecule has 2 aromatic heterocycles. The van der Waals surface area contributed by atoms with Crippen molar-refractivity contribution in [2.24, 2.45) is 0 Å². The molecule has 0 bridgehead atoms. The summed E-state index contributed by atoms with van der Waals surface area (Å²) in [5.74, 6) is 1.56. The van der Waals surface area contributed by atoms with Crippen molar-refractivity contribution >= 4 is 11.3 Å². The van der Waals surface area contributed by atoms with Crippen molar-refractivity contribution in [1.29, 1.82) is 0 Å². The molecule has 0 spiro atoms. The van der Waals surface area contributed by atoms with Crippen LogP contribution in [0.4, 0.5) is 0 Å². The molecule has 0 amide bonds. The molecule has 0 saturated carbocycles. The van der Waals surface area contributed by atoms with Crippen LogP contribution in [0.2, 0.25) is 0 Å². The van der Waals surface area contributed by atoms with E-state index < -0.39 is 0 Å². The normalized spacial score (nSPS) is 12.9. The second-order valence-corrected chi connectivity index (χ2v) is 4.56. The Hall–Kier alpha value is -1.13. The van der Waals surface area contributed by atoms with E-state index in [1.165, 1.54) is 4.88 Å². The average Bonchev–Trinajstić information content (AvgIpc) is 2.90. The van der Waals surface area contributed by atoms with Crippen LogP contribution in [-0.2, 0) is 6.54 Å². The number of rotatable bonds is 5. The van der Waals surface area contributed by atoms with E-state index in [1.54, 1.807) is 6.20 Å². The van der Waals surface area contributed by atoms with Gasteiger partial charge in [0.25, 0.3) is 0 Å². The summed E-state index contributed by atoms with van der Waals surface area (Å²) in [6.07, 6.45) is 3.62. The van der Waals surface area contributed by atoms with Gasteiger partial charge in [0, 0.05) is 29.7 Å². The number of aromatic amines is 1. The predicted octanol–water partition coefficient (Wildman–Crippen LogP) is 2.36. The number of nitrogens with one attached hydrogen (secondary N) is 2. The highest BCUT2D eigenvalue weighted by atomic mass is 32.1. The molecule has 2 aromatic rings. The summed E-state index contributed by atoms with van der Waals surface area (Å²) in [4.78, 5) is 8.67. The summed E-state index contributed by atoms with van der Waals surface area (Å²) in [5.41, 5.74) is 0. The molecule has 1 unspecified atom stereocenters. The molecule has 1 atom stereocenters. The van der Waals surface area contributed by atoms with E-state index in [0.717, 1.165) is 18.9 Å². The van der Waals surface area contributed by atoms with Gasteiger partial charge in [-0.1, -0.05) is 13.0 Å². The summed E-state index contributed by atoms with van der Waals surface area (Å²) in [7, 11) is 0. The Labute approximate surface area is 93.6 Å². The van der Waals surface area contributed by atoms with E-state index in [2.05, 4.69) is 39.7 Å². The Morgan fingerprint density at radius 2 is 2.53 bits per heavy atom. The Morgan fingerprint density at radius 3 is 3.20 bits per heavy atom. The van der Waals surface area contributed by atoms with Gasteiger partial charge in [0.05, 0.1) is 6.54 Å². The predicted molar refractivity (Wildman–Crippen MR) is 63.0 cm³/mol. The maximum absolute atomic E-state index is 4.16. The van der Waals surface area contributed by atoms with Gasteiger partial charge in [0.1, 0.15) is 5.82 Å². The fourth-order valence-corrected chi connectivity index (χ4v) is 2.26. The first-order valence-corrected chi connectivity index (χ1v) is 5.96. The quantitative estimate of drug-likeness (QED) is 0.813. The molecule has 4 heteroatoms. The largest absolute Gasteiger partial charge is 0.348 e. The van der Waals surface area contributed by atoms with E-state index in [-0.39, 0.29) is 0 Å². The van der Waals surface area contributed by atoms with Gasteiger partial charge in [-0.2, -0.15) is 0 Å². The summed E-state index contributed by atoms with van der Waals surface area (Å²) < 4.78 is 0. The van der Waals surface area contributed by atoms with Gasteiger partial charge in [-0.05, 0) is 11.4 Å². The molecular formula is C11H15N3S. The van der Waals surface area contributed by atoms with Gasteiger partial charge in [-0.25, -0.2) is 4.98 Å². The molecule has 0 aromatic carbocycles. The van der Waals surface area contributed by atoms with Crippen LogP contribution in [0.1, 0.15) is 23.5 Å². The van der Waals surface area contributed by atoms with Crippen LogP contribution in [-0.4, -0.2) is 16.5 Å². The average molecular weight is 221 g/mol. The third kappa shape index (κ3) is 2.91. The number of thiophene rings is 1. The van der Waals surface area contributed by atoms with E-state index in [9.17, 15) is 0 Å². The molecule has 3 nitrogen and oxygen atoms in total. The minimum absolute atomic E-state index is 0.569. The molecule has 2 heterocycles. The number of imidazole rings is 1. The van der Waals surface area contributed by atoms with Crippen LogP contribution in [0.5, 0.6) is 0 Å². The third-order valence-corrected chi connectivity index (χ3v) is 3.43. The van der Waals surface area contributed by atoms with Crippen molar-refractivity contribution in [2.45, 2.75) is 19.4 Å². The maximum Gasteiger partial charge on any atom is 0.120 e. The smallest absolute Gasteiger partial charge is 0.120 e. The molecule has 2 rings (SSSR count). The van der Waals surface area contributed by atoms with Gasteiger partial charge >= 0.3 is 0 Å². The Bertz CT molecular complexity index is 366. The molecule has 15 heavy (non-hydrogen) atoms. The van der Waals surface area contributed by atoms with Gasteiger partial charge in [0.15, 0.2) is 0 Å². The Morgan fingerprint density at radius 1 is 1.60 bits per heavy atom. The lowest BCUT2D eigenvalue weighted by atomic mass is 10.1. The molecule has 2 N–H and O–H groups in total. The third-order valence-electron chi connectivity index (χ3n) is 2.33. The van der Waals surface area contributed by atoms with E-state index in [4.69, 9.17) is 0 Å². The van der Waals surface area contributed by atoms with Crippen molar-refractivity contribution in [2.75, 3.05) is 6.54 Å². The second kappa shape index (κ2) is 5.09. The van der Waals surface area contributed by atoms with Gasteiger partial charge in [-0.15, -0.1) is 11.3 Å². The van der Waals surface area contributed by atoms with Crippen molar-refractivity contribution < 1.29 is 0 Å². The van der Waals surface area contributed by atoms with Crippen molar-refractivity contribution in [3.63, 3.8) is 0 Å². The monoisotopic (exact) mass is 221 g/mol. The number of H-pyrrole nitrogens is 1. The molecule has 0 aliphatic rings. The first-order valence-electron chi connectivity index (χ1n) is 5.08. The zero-order valence-corrected chi connectivity index (χ0v) is 9.55. The second-order valence-electron chi connectivity index (χ2n) is 3.58. The highest BCUT2D eigenvalue weighted by molar-refractivity contribution is 7.10. The van der Waals surface area contributed by atoms with Crippen LogP contribution in [0.25, 0.3) is 0 Å². The molecule has 0 aliphatic heterocycles. The minimum Gasteiger partial charge on any atom is -0.348 e. The van der Waals surface area contributed by atoms with E-state index in [1.807, 2.05) is 17.5 Å². The van der Waals surface area contributed by atoms with Crippen LogP contribution in [0, 0.1) is 0 Å². The topological polar surface area (TPSA) is 40.7 Å². The lowest BCUT2D eigenvalue weighted by molar-refractivity contribution is 0.608. The van der Waals surface area contributed by atoms with Gasteiger partial charge < -0.3 is 10.3 Å². The number of hydrogen-bond acceptors (Lipinski definition) is 3. The van der Waals surface area contributed by atoms with Crippen LogP contribution in [0.3, 0.4) is 0 Å². The fourth-order valence-electron chi connectivity index (χ4n) is 1.47. The molecule has 0 radical (unpaired) electrons. The highest BCUT2D eigenvalue weighted by Gasteiger charge is 2.05. The minimum atomic E-state index is 0.569. The summed E-state index contributed by atoms with van der Waals surface area (Å²) in [5, 5.41) is 5.51. The zero-order chi connectivity index (χ0) is 10.5. The standard InChI is InChI=1S/C11H15N3S/c1-9(10-3-2-6-15-10)7-12-8-11-13-4-5-14-11/h2-6,9,12H,7-8H2,1H3,(H,13,14). The van der Waals surface area contributed by atoms with Crippen molar-refractivity contribution in [3.8, 4) is 0 Å².